The van der Waals surface area contributed by atoms with Crippen LogP contribution in [0.2, 0.25) is 0 Å². The highest BCUT2D eigenvalue weighted by Gasteiger charge is 2.05. The van der Waals surface area contributed by atoms with Crippen molar-refractivity contribution in [3.63, 3.8) is 0 Å². The molecule has 3 heteroatoms. The van der Waals surface area contributed by atoms with Gasteiger partial charge in [-0.15, -0.1) is 0 Å². The highest BCUT2D eigenvalue weighted by atomic mass is 15.0. The van der Waals surface area contributed by atoms with Crippen LogP contribution in [0.15, 0.2) is 55.0 Å². The van der Waals surface area contributed by atoms with E-state index in [0.29, 0.717) is 5.69 Å². The molecule has 3 rings (SSSR count). The molecule has 0 amide bonds. The van der Waals surface area contributed by atoms with Crippen molar-refractivity contribution in [3.05, 3.63) is 94.4 Å². The van der Waals surface area contributed by atoms with Crippen LogP contribution >= 0.6 is 0 Å². The highest BCUT2D eigenvalue weighted by Crippen LogP contribution is 2.16. The summed E-state index contributed by atoms with van der Waals surface area (Å²) < 4.78 is 2.10. The van der Waals surface area contributed by atoms with Crippen LogP contribution in [0.4, 0.5) is 5.69 Å². The second-order valence-electron chi connectivity index (χ2n) is 6.19. The van der Waals surface area contributed by atoms with Crippen molar-refractivity contribution in [2.24, 2.45) is 0 Å². The van der Waals surface area contributed by atoms with Crippen LogP contribution in [0.3, 0.4) is 0 Å². The molecule has 1 heterocycles. The lowest BCUT2D eigenvalue weighted by Gasteiger charge is -2.08. The molecule has 120 valence electrons. The van der Waals surface area contributed by atoms with Gasteiger partial charge in [-0.3, -0.25) is 0 Å². The maximum absolute atomic E-state index is 7.00. The first kappa shape index (κ1) is 16.0. The second kappa shape index (κ2) is 7.14. The van der Waals surface area contributed by atoms with Crippen LogP contribution in [0.25, 0.3) is 4.85 Å². The van der Waals surface area contributed by atoms with E-state index in [1.54, 1.807) is 0 Å². The fourth-order valence-electron chi connectivity index (χ4n) is 3.01. The number of benzene rings is 2. The molecule has 1 aromatic heterocycles. The Kier molecular flexibility index (Phi) is 4.77. The van der Waals surface area contributed by atoms with Crippen LogP contribution in [-0.4, -0.2) is 9.55 Å². The molecular weight excluding hydrogens is 294 g/mol. The van der Waals surface area contributed by atoms with E-state index in [9.17, 15) is 0 Å². The molecule has 0 aliphatic rings. The predicted octanol–water partition coefficient (Wildman–Crippen LogP) is 4.88. The molecular formula is C21H21N3. The molecule has 0 radical (unpaired) electrons. The smallest absolute Gasteiger partial charge is 0.187 e. The first-order chi connectivity index (χ1) is 11.7. The van der Waals surface area contributed by atoms with Crippen molar-refractivity contribution in [1.82, 2.24) is 9.55 Å². The summed E-state index contributed by atoms with van der Waals surface area (Å²) in [5.41, 5.74) is 7.13. The third kappa shape index (κ3) is 3.72. The van der Waals surface area contributed by atoms with Crippen molar-refractivity contribution in [2.45, 2.75) is 33.2 Å². The summed E-state index contributed by atoms with van der Waals surface area (Å²) >= 11 is 0. The number of nitrogens with zero attached hydrogens (tertiary/aromatic N) is 3. The Morgan fingerprint density at radius 1 is 1.00 bits per heavy atom. The Morgan fingerprint density at radius 3 is 2.38 bits per heavy atom. The average Bonchev–Trinajstić information content (AvgIpc) is 3.02. The van der Waals surface area contributed by atoms with E-state index < -0.39 is 0 Å². The Morgan fingerprint density at radius 2 is 1.71 bits per heavy atom. The van der Waals surface area contributed by atoms with Gasteiger partial charge in [-0.05, 0) is 48.9 Å². The summed E-state index contributed by atoms with van der Waals surface area (Å²) in [5, 5.41) is 0. The molecule has 0 unspecified atom stereocenters. The monoisotopic (exact) mass is 315 g/mol. The van der Waals surface area contributed by atoms with Gasteiger partial charge in [0.05, 0.1) is 18.6 Å². The molecule has 0 saturated carbocycles. The van der Waals surface area contributed by atoms with Crippen LogP contribution < -0.4 is 0 Å². The summed E-state index contributed by atoms with van der Waals surface area (Å²) in [6.07, 6.45) is 5.99. The fraction of sp³-hybridized carbons (Fsp3) is 0.238. The zero-order valence-corrected chi connectivity index (χ0v) is 14.2. The van der Waals surface area contributed by atoms with Crippen LogP contribution in [0.1, 0.15) is 27.9 Å². The lowest BCUT2D eigenvalue weighted by molar-refractivity contribution is 0.795. The van der Waals surface area contributed by atoms with Crippen molar-refractivity contribution in [1.29, 1.82) is 0 Å². The van der Waals surface area contributed by atoms with Gasteiger partial charge in [0.15, 0.2) is 5.69 Å². The molecule has 3 nitrogen and oxygen atoms in total. The Hall–Kier alpha value is -2.86. The van der Waals surface area contributed by atoms with Crippen molar-refractivity contribution in [3.8, 4) is 0 Å². The van der Waals surface area contributed by atoms with E-state index in [2.05, 4.69) is 52.6 Å². The molecule has 0 aliphatic carbocycles. The lowest BCUT2D eigenvalue weighted by atomic mass is 9.98. The molecule has 0 aliphatic heterocycles. The minimum atomic E-state index is 0.679. The van der Waals surface area contributed by atoms with Gasteiger partial charge in [0.25, 0.3) is 0 Å². The Labute approximate surface area is 143 Å². The number of rotatable bonds is 5. The SMILES string of the molecule is [C-]#[N+]c1ccc(Cn2cnc(CCc3c(C)cccc3C)c2)cc1. The van der Waals surface area contributed by atoms with Gasteiger partial charge in [-0.1, -0.05) is 42.5 Å². The number of hydrogen-bond donors (Lipinski definition) is 0. The highest BCUT2D eigenvalue weighted by molar-refractivity contribution is 5.45. The zero-order valence-electron chi connectivity index (χ0n) is 14.2. The normalized spacial score (nSPS) is 10.5. The van der Waals surface area contributed by atoms with E-state index in [1.165, 1.54) is 22.3 Å². The maximum atomic E-state index is 7.00. The zero-order chi connectivity index (χ0) is 16.9. The molecule has 2 aromatic carbocycles. The van der Waals surface area contributed by atoms with E-state index in [0.717, 1.165) is 25.1 Å². The largest absolute Gasteiger partial charge is 0.333 e. The Bertz CT molecular complexity index is 847. The second-order valence-corrected chi connectivity index (χ2v) is 6.19. The molecule has 0 saturated heterocycles. The average molecular weight is 315 g/mol. The molecule has 0 atom stereocenters. The minimum Gasteiger partial charge on any atom is -0.333 e. The van der Waals surface area contributed by atoms with Crippen LogP contribution in [0, 0.1) is 20.4 Å². The third-order valence-corrected chi connectivity index (χ3v) is 4.39. The molecule has 24 heavy (non-hydrogen) atoms. The van der Waals surface area contributed by atoms with E-state index >= 15 is 0 Å². The first-order valence-electron chi connectivity index (χ1n) is 8.18. The van der Waals surface area contributed by atoms with E-state index in [1.807, 2.05) is 30.6 Å². The summed E-state index contributed by atoms with van der Waals surface area (Å²) in [5.74, 6) is 0. The van der Waals surface area contributed by atoms with Gasteiger partial charge in [0.2, 0.25) is 0 Å². The van der Waals surface area contributed by atoms with E-state index in [4.69, 9.17) is 6.57 Å². The number of aryl methyl sites for hydroxylation is 3. The molecule has 0 spiro atoms. The van der Waals surface area contributed by atoms with Gasteiger partial charge < -0.3 is 4.57 Å². The molecule has 0 fully saturated rings. The molecule has 0 N–H and O–H groups in total. The van der Waals surface area contributed by atoms with Crippen molar-refractivity contribution in [2.75, 3.05) is 0 Å². The fourth-order valence-corrected chi connectivity index (χ4v) is 3.01. The lowest BCUT2D eigenvalue weighted by Crippen LogP contribution is -1.98. The van der Waals surface area contributed by atoms with E-state index in [-0.39, 0.29) is 0 Å². The standard InChI is InChI=1S/C21H21N3/c1-16-5-4-6-17(2)21(16)12-11-20-14-24(15-23-20)13-18-7-9-19(22-3)10-8-18/h4-10,14-15H,11-13H2,1-2H3. The third-order valence-electron chi connectivity index (χ3n) is 4.39. The van der Waals surface area contributed by atoms with Gasteiger partial charge in [0.1, 0.15) is 0 Å². The van der Waals surface area contributed by atoms with Gasteiger partial charge >= 0.3 is 0 Å². The maximum Gasteiger partial charge on any atom is 0.187 e. The van der Waals surface area contributed by atoms with Crippen molar-refractivity contribution < 1.29 is 0 Å². The topological polar surface area (TPSA) is 22.2 Å². The minimum absolute atomic E-state index is 0.679. The quantitative estimate of drug-likeness (QED) is 0.615. The Balaban J connectivity index is 1.64. The summed E-state index contributed by atoms with van der Waals surface area (Å²) in [4.78, 5) is 7.96. The predicted molar refractivity (Wildman–Crippen MR) is 97.4 cm³/mol. The molecule has 0 bridgehead atoms. The summed E-state index contributed by atoms with van der Waals surface area (Å²) in [6, 6.07) is 14.2. The summed E-state index contributed by atoms with van der Waals surface area (Å²) in [7, 11) is 0. The van der Waals surface area contributed by atoms with Gasteiger partial charge in [0, 0.05) is 12.7 Å². The van der Waals surface area contributed by atoms with Gasteiger partial charge in [-0.2, -0.15) is 0 Å². The molecule has 3 aromatic rings. The first-order valence-corrected chi connectivity index (χ1v) is 8.18. The van der Waals surface area contributed by atoms with Crippen LogP contribution in [-0.2, 0) is 19.4 Å². The number of hydrogen-bond acceptors (Lipinski definition) is 1. The van der Waals surface area contributed by atoms with Crippen LogP contribution in [0.5, 0.6) is 0 Å². The number of aromatic nitrogens is 2. The van der Waals surface area contributed by atoms with Crippen molar-refractivity contribution >= 4 is 5.69 Å². The van der Waals surface area contributed by atoms with Gasteiger partial charge in [-0.25, -0.2) is 9.83 Å². The number of imidazole rings is 1. The summed E-state index contributed by atoms with van der Waals surface area (Å²) in [6.45, 7) is 12.1.